The number of nitrogens with zero attached hydrogens (tertiary/aromatic N) is 2. The van der Waals surface area contributed by atoms with Crippen LogP contribution in [0.2, 0.25) is 0 Å². The molecule has 0 spiro atoms. The molecule has 2 rings (SSSR count). The first-order valence-corrected chi connectivity index (χ1v) is 5.57. The Morgan fingerprint density at radius 2 is 2.21 bits per heavy atom. The van der Waals surface area contributed by atoms with Gasteiger partial charge in [0, 0.05) is 13.2 Å². The standard InChI is InChI=1S/C13H14N2O4/c1-17-9-19-13-5-11(18-2)3-4-12(13)15-8-14-6-10(15)7-16/h3-8H,9H2,1-2H3. The number of carbonyl (C=O) groups is 1. The SMILES string of the molecule is COCOc1cc(OC)ccc1-n1cncc1C=O. The fourth-order valence-electron chi connectivity index (χ4n) is 1.65. The number of hydrogen-bond donors (Lipinski definition) is 0. The maximum atomic E-state index is 11.0. The lowest BCUT2D eigenvalue weighted by Gasteiger charge is -2.13. The summed E-state index contributed by atoms with van der Waals surface area (Å²) in [7, 11) is 3.11. The number of imidazole rings is 1. The van der Waals surface area contributed by atoms with E-state index in [1.165, 1.54) is 13.3 Å². The van der Waals surface area contributed by atoms with Gasteiger partial charge in [-0.25, -0.2) is 4.98 Å². The third-order valence-corrected chi connectivity index (χ3v) is 2.55. The van der Waals surface area contributed by atoms with Gasteiger partial charge in [0.2, 0.25) is 0 Å². The van der Waals surface area contributed by atoms with Crippen molar-refractivity contribution in [3.63, 3.8) is 0 Å². The van der Waals surface area contributed by atoms with E-state index < -0.39 is 0 Å². The number of carbonyl (C=O) groups excluding carboxylic acids is 1. The molecule has 0 saturated heterocycles. The van der Waals surface area contributed by atoms with E-state index in [4.69, 9.17) is 14.2 Å². The number of benzene rings is 1. The smallest absolute Gasteiger partial charge is 0.188 e. The van der Waals surface area contributed by atoms with Crippen LogP contribution in [0.1, 0.15) is 10.5 Å². The van der Waals surface area contributed by atoms with Crippen molar-refractivity contribution in [2.45, 2.75) is 0 Å². The number of aldehydes is 1. The van der Waals surface area contributed by atoms with Crippen LogP contribution in [0.5, 0.6) is 11.5 Å². The van der Waals surface area contributed by atoms with Crippen molar-refractivity contribution in [3.8, 4) is 17.2 Å². The average Bonchev–Trinajstić information content (AvgIpc) is 2.92. The summed E-state index contributed by atoms with van der Waals surface area (Å²) in [6.07, 6.45) is 3.76. The van der Waals surface area contributed by atoms with Gasteiger partial charge in [-0.1, -0.05) is 0 Å². The number of ether oxygens (including phenoxy) is 3. The second-order valence-corrected chi connectivity index (χ2v) is 3.69. The third-order valence-electron chi connectivity index (χ3n) is 2.55. The molecule has 6 nitrogen and oxygen atoms in total. The van der Waals surface area contributed by atoms with Crippen LogP contribution >= 0.6 is 0 Å². The molecule has 0 atom stereocenters. The first-order valence-electron chi connectivity index (χ1n) is 5.57. The minimum atomic E-state index is 0.102. The highest BCUT2D eigenvalue weighted by atomic mass is 16.7. The lowest BCUT2D eigenvalue weighted by molar-refractivity contribution is 0.0509. The first kappa shape index (κ1) is 13.1. The second-order valence-electron chi connectivity index (χ2n) is 3.69. The molecule has 0 saturated carbocycles. The normalized spacial score (nSPS) is 10.2. The molecule has 19 heavy (non-hydrogen) atoms. The molecular weight excluding hydrogens is 248 g/mol. The van der Waals surface area contributed by atoms with Gasteiger partial charge >= 0.3 is 0 Å². The van der Waals surface area contributed by atoms with Crippen LogP contribution in [0.25, 0.3) is 5.69 Å². The first-order chi connectivity index (χ1) is 9.30. The van der Waals surface area contributed by atoms with Crippen molar-refractivity contribution in [2.75, 3.05) is 21.0 Å². The predicted octanol–water partition coefficient (Wildman–Crippen LogP) is 1.68. The zero-order valence-electron chi connectivity index (χ0n) is 10.7. The lowest BCUT2D eigenvalue weighted by atomic mass is 10.2. The Hall–Kier alpha value is -2.34. The van der Waals surface area contributed by atoms with Crippen LogP contribution in [0.3, 0.4) is 0 Å². The number of rotatable bonds is 6. The monoisotopic (exact) mass is 262 g/mol. The molecule has 0 amide bonds. The van der Waals surface area contributed by atoms with Crippen LogP contribution < -0.4 is 9.47 Å². The number of hydrogen-bond acceptors (Lipinski definition) is 5. The van der Waals surface area contributed by atoms with Gasteiger partial charge in [-0.05, 0) is 12.1 Å². The molecule has 1 aromatic heterocycles. The molecule has 1 aromatic carbocycles. The van der Waals surface area contributed by atoms with Crippen molar-refractivity contribution in [3.05, 3.63) is 36.4 Å². The Bertz CT molecular complexity index is 566. The van der Waals surface area contributed by atoms with Crippen molar-refractivity contribution in [1.82, 2.24) is 9.55 Å². The molecule has 0 unspecified atom stereocenters. The highest BCUT2D eigenvalue weighted by Gasteiger charge is 2.11. The van der Waals surface area contributed by atoms with Crippen LogP contribution in [0.4, 0.5) is 0 Å². The highest BCUT2D eigenvalue weighted by molar-refractivity contribution is 5.73. The van der Waals surface area contributed by atoms with E-state index >= 15 is 0 Å². The lowest BCUT2D eigenvalue weighted by Crippen LogP contribution is -2.05. The Kier molecular flexibility index (Phi) is 4.15. The molecule has 0 aliphatic rings. The van der Waals surface area contributed by atoms with E-state index in [2.05, 4.69) is 4.98 Å². The summed E-state index contributed by atoms with van der Waals surface area (Å²) < 4.78 is 17.2. The summed E-state index contributed by atoms with van der Waals surface area (Å²) in [5.41, 5.74) is 1.13. The molecule has 100 valence electrons. The van der Waals surface area contributed by atoms with Crippen molar-refractivity contribution < 1.29 is 19.0 Å². The molecule has 0 radical (unpaired) electrons. The van der Waals surface area contributed by atoms with Gasteiger partial charge in [0.15, 0.2) is 13.1 Å². The molecule has 0 bridgehead atoms. The molecule has 1 heterocycles. The van der Waals surface area contributed by atoms with Crippen LogP contribution in [-0.4, -0.2) is 36.8 Å². The van der Waals surface area contributed by atoms with E-state index in [0.717, 1.165) is 6.29 Å². The van der Waals surface area contributed by atoms with Crippen molar-refractivity contribution >= 4 is 6.29 Å². The fraction of sp³-hybridized carbons (Fsp3) is 0.231. The molecule has 0 aliphatic carbocycles. The molecule has 0 N–H and O–H groups in total. The molecule has 0 aliphatic heterocycles. The molecular formula is C13H14N2O4. The Morgan fingerprint density at radius 1 is 1.37 bits per heavy atom. The molecule has 0 fully saturated rings. The number of aromatic nitrogens is 2. The van der Waals surface area contributed by atoms with E-state index in [9.17, 15) is 4.79 Å². The summed E-state index contributed by atoms with van der Waals surface area (Å²) >= 11 is 0. The van der Waals surface area contributed by atoms with Crippen LogP contribution in [0, 0.1) is 0 Å². The van der Waals surface area contributed by atoms with E-state index in [1.54, 1.807) is 36.2 Å². The van der Waals surface area contributed by atoms with E-state index in [1.807, 2.05) is 0 Å². The summed E-state index contributed by atoms with van der Waals surface area (Å²) in [5, 5.41) is 0. The van der Waals surface area contributed by atoms with Gasteiger partial charge < -0.3 is 14.2 Å². The van der Waals surface area contributed by atoms with E-state index in [0.29, 0.717) is 22.9 Å². The zero-order chi connectivity index (χ0) is 13.7. The molecule has 2 aromatic rings. The summed E-state index contributed by atoms with van der Waals surface area (Å²) in [6.45, 7) is 0.102. The summed E-state index contributed by atoms with van der Waals surface area (Å²) in [4.78, 5) is 14.9. The van der Waals surface area contributed by atoms with E-state index in [-0.39, 0.29) is 6.79 Å². The Morgan fingerprint density at radius 3 is 2.89 bits per heavy atom. The maximum absolute atomic E-state index is 11.0. The van der Waals surface area contributed by atoms with Gasteiger partial charge in [0.05, 0.1) is 25.3 Å². The summed E-state index contributed by atoms with van der Waals surface area (Å²) in [5.74, 6) is 1.20. The number of methoxy groups -OCH3 is 2. The third kappa shape index (κ3) is 2.74. The van der Waals surface area contributed by atoms with Gasteiger partial charge in [-0.2, -0.15) is 0 Å². The Labute approximate surface area is 110 Å². The maximum Gasteiger partial charge on any atom is 0.188 e. The minimum Gasteiger partial charge on any atom is -0.497 e. The van der Waals surface area contributed by atoms with Gasteiger partial charge in [-0.3, -0.25) is 9.36 Å². The fourth-order valence-corrected chi connectivity index (χ4v) is 1.65. The largest absolute Gasteiger partial charge is 0.497 e. The topological polar surface area (TPSA) is 62.6 Å². The van der Waals surface area contributed by atoms with Gasteiger partial charge in [-0.15, -0.1) is 0 Å². The van der Waals surface area contributed by atoms with Crippen LogP contribution in [-0.2, 0) is 4.74 Å². The van der Waals surface area contributed by atoms with Crippen molar-refractivity contribution in [1.29, 1.82) is 0 Å². The highest BCUT2D eigenvalue weighted by Crippen LogP contribution is 2.28. The van der Waals surface area contributed by atoms with Gasteiger partial charge in [0.25, 0.3) is 0 Å². The minimum absolute atomic E-state index is 0.102. The summed E-state index contributed by atoms with van der Waals surface area (Å²) in [6, 6.07) is 5.30. The second kappa shape index (κ2) is 6.01. The van der Waals surface area contributed by atoms with Crippen LogP contribution in [0.15, 0.2) is 30.7 Å². The Balaban J connectivity index is 2.46. The average molecular weight is 262 g/mol. The molecule has 6 heteroatoms. The predicted molar refractivity (Wildman–Crippen MR) is 68.0 cm³/mol. The van der Waals surface area contributed by atoms with Crippen molar-refractivity contribution in [2.24, 2.45) is 0 Å². The zero-order valence-corrected chi connectivity index (χ0v) is 10.7. The quantitative estimate of drug-likeness (QED) is 0.585. The van der Waals surface area contributed by atoms with Gasteiger partial charge in [0.1, 0.15) is 17.2 Å².